The Morgan fingerprint density at radius 2 is 1.72 bits per heavy atom. The molecule has 1 heterocycles. The Hall–Kier alpha value is -2.99. The third kappa shape index (κ3) is 6.76. The molecule has 2 aromatic carbocycles. The molecule has 32 heavy (non-hydrogen) atoms. The molecule has 1 fully saturated rings. The third-order valence-electron chi connectivity index (χ3n) is 4.47. The maximum atomic E-state index is 12.6. The lowest BCUT2D eigenvalue weighted by molar-refractivity contribution is -0.125. The van der Waals surface area contributed by atoms with Crippen LogP contribution in [-0.2, 0) is 25.4 Å². The quantitative estimate of drug-likeness (QED) is 0.448. The molecule has 1 saturated heterocycles. The van der Waals surface area contributed by atoms with E-state index >= 15 is 0 Å². The van der Waals surface area contributed by atoms with E-state index in [4.69, 9.17) is 16.3 Å². The van der Waals surface area contributed by atoms with Crippen molar-refractivity contribution in [1.29, 1.82) is 0 Å². The Morgan fingerprint density at radius 3 is 2.34 bits per heavy atom. The van der Waals surface area contributed by atoms with E-state index in [1.807, 2.05) is 0 Å². The molecule has 0 saturated carbocycles. The molecule has 2 atom stereocenters. The second-order valence-corrected chi connectivity index (χ2v) is 8.19. The summed E-state index contributed by atoms with van der Waals surface area (Å²) in [6.45, 7) is 0.887. The summed E-state index contributed by atoms with van der Waals surface area (Å²) in [5.74, 6) is -1.33. The summed E-state index contributed by atoms with van der Waals surface area (Å²) in [6, 6.07) is 10.8. The van der Waals surface area contributed by atoms with E-state index in [1.54, 1.807) is 53.4 Å². The van der Waals surface area contributed by atoms with Crippen LogP contribution >= 0.6 is 11.6 Å². The molecule has 3 rings (SSSR count). The first-order valence-electron chi connectivity index (χ1n) is 9.51. The van der Waals surface area contributed by atoms with Gasteiger partial charge in [-0.3, -0.25) is 9.59 Å². The molecule has 0 aliphatic carbocycles. The first kappa shape index (κ1) is 23.7. The molecule has 2 aromatic rings. The van der Waals surface area contributed by atoms with Crippen LogP contribution in [0.25, 0.3) is 0 Å². The zero-order chi connectivity index (χ0) is 23.1. The van der Waals surface area contributed by atoms with Crippen LogP contribution in [0.3, 0.4) is 0 Å². The molecule has 4 amide bonds. The molecule has 0 bridgehead atoms. The molecule has 1 aliphatic heterocycles. The highest BCUT2D eigenvalue weighted by Gasteiger charge is 2.24. The normalized spacial score (nSPS) is 15.6. The number of amides is 4. The first-order valence-corrected chi connectivity index (χ1v) is 11.2. The molecule has 1 unspecified atom stereocenters. The van der Waals surface area contributed by atoms with Crippen LogP contribution in [0.5, 0.6) is 0 Å². The average Bonchev–Trinajstić information content (AvgIpc) is 2.75. The number of anilines is 3. The van der Waals surface area contributed by atoms with E-state index < -0.39 is 34.8 Å². The smallest absolute Gasteiger partial charge is 0.319 e. The van der Waals surface area contributed by atoms with Crippen molar-refractivity contribution < 1.29 is 27.9 Å². The van der Waals surface area contributed by atoms with Crippen LogP contribution in [0.2, 0.25) is 5.02 Å². The fourth-order valence-corrected chi connectivity index (χ4v) is 3.58. The highest BCUT2D eigenvalue weighted by molar-refractivity contribution is 7.79. The van der Waals surface area contributed by atoms with Crippen LogP contribution in [0, 0.1) is 0 Å². The van der Waals surface area contributed by atoms with Gasteiger partial charge >= 0.3 is 6.03 Å². The molecule has 0 radical (unpaired) electrons. The predicted molar refractivity (Wildman–Crippen MR) is 121 cm³/mol. The number of hydrogen-bond acceptors (Lipinski definition) is 5. The second kappa shape index (κ2) is 11.0. The average molecular weight is 481 g/mol. The monoisotopic (exact) mass is 480 g/mol. The van der Waals surface area contributed by atoms with E-state index in [0.29, 0.717) is 35.2 Å². The minimum atomic E-state index is -2.33. The van der Waals surface area contributed by atoms with Gasteiger partial charge in [0.15, 0.2) is 11.1 Å². The van der Waals surface area contributed by atoms with Crippen molar-refractivity contribution in [2.45, 2.75) is 6.04 Å². The maximum Gasteiger partial charge on any atom is 0.319 e. The largest absolute Gasteiger partial charge is 0.370 e. The summed E-state index contributed by atoms with van der Waals surface area (Å²) in [5, 5.41) is 7.99. The molecule has 10 nitrogen and oxygen atoms in total. The zero-order valence-electron chi connectivity index (χ0n) is 16.7. The van der Waals surface area contributed by atoms with Crippen LogP contribution in [0.1, 0.15) is 0 Å². The van der Waals surface area contributed by atoms with Gasteiger partial charge in [0, 0.05) is 28.6 Å². The van der Waals surface area contributed by atoms with Gasteiger partial charge in [-0.1, -0.05) is 11.6 Å². The van der Waals surface area contributed by atoms with Gasteiger partial charge in [0.1, 0.15) is 12.6 Å². The highest BCUT2D eigenvalue weighted by Crippen LogP contribution is 2.20. The van der Waals surface area contributed by atoms with Gasteiger partial charge in [0.05, 0.1) is 12.4 Å². The van der Waals surface area contributed by atoms with Crippen molar-refractivity contribution in [3.05, 3.63) is 53.6 Å². The molecule has 4 N–H and O–H groups in total. The Labute approximate surface area is 191 Å². The summed E-state index contributed by atoms with van der Waals surface area (Å²) < 4.78 is 25.6. The highest BCUT2D eigenvalue weighted by atomic mass is 35.5. The van der Waals surface area contributed by atoms with Gasteiger partial charge in [-0.05, 0) is 48.5 Å². The van der Waals surface area contributed by atoms with Crippen LogP contribution in [0.4, 0.5) is 21.9 Å². The molecular weight excluding hydrogens is 460 g/mol. The van der Waals surface area contributed by atoms with Gasteiger partial charge in [-0.2, -0.15) is 0 Å². The first-order chi connectivity index (χ1) is 15.3. The van der Waals surface area contributed by atoms with Gasteiger partial charge < -0.3 is 30.1 Å². The van der Waals surface area contributed by atoms with Crippen molar-refractivity contribution in [3.63, 3.8) is 0 Å². The Bertz CT molecular complexity index is 1000. The van der Waals surface area contributed by atoms with Crippen molar-refractivity contribution in [3.8, 4) is 0 Å². The molecular formula is C20H21ClN4O6S. The molecule has 12 heteroatoms. The van der Waals surface area contributed by atoms with Crippen molar-refractivity contribution in [2.24, 2.45) is 0 Å². The number of benzene rings is 2. The minimum absolute atomic E-state index is 0.0161. The van der Waals surface area contributed by atoms with Crippen LogP contribution in [0.15, 0.2) is 48.5 Å². The summed E-state index contributed by atoms with van der Waals surface area (Å²) in [5.41, 5.74) is 1.49. The van der Waals surface area contributed by atoms with E-state index in [9.17, 15) is 23.1 Å². The van der Waals surface area contributed by atoms with Gasteiger partial charge in [-0.25, -0.2) is 9.00 Å². The lowest BCUT2D eigenvalue weighted by Gasteiger charge is -2.27. The molecule has 1 aliphatic rings. The number of nitrogens with one attached hydrogen (secondary N) is 3. The van der Waals surface area contributed by atoms with Crippen molar-refractivity contribution >= 4 is 57.6 Å². The fraction of sp³-hybridized carbons (Fsp3) is 0.250. The standard InChI is InChI=1S/C20H21ClN4O6S/c21-13-1-3-15(4-2-13)23-20(28)24-17(12-32(29)30)19(27)22-14-5-7-16(8-6-14)25-9-10-31-11-18(25)26/h1-8,17H,9-12H2,(H,22,27)(H,29,30)(H2,23,24,28)/t17-/m1/s1. The summed E-state index contributed by atoms with van der Waals surface area (Å²) in [6.07, 6.45) is 0. The second-order valence-electron chi connectivity index (χ2n) is 6.78. The minimum Gasteiger partial charge on any atom is -0.370 e. The number of carbonyl (C=O) groups is 3. The van der Waals surface area contributed by atoms with E-state index in [2.05, 4.69) is 16.0 Å². The van der Waals surface area contributed by atoms with Gasteiger partial charge in [0.25, 0.3) is 5.91 Å². The van der Waals surface area contributed by atoms with Crippen molar-refractivity contribution in [2.75, 3.05) is 41.0 Å². The van der Waals surface area contributed by atoms with E-state index in [1.165, 1.54) is 0 Å². The summed E-state index contributed by atoms with van der Waals surface area (Å²) >= 11 is 3.47. The molecule has 0 aromatic heterocycles. The van der Waals surface area contributed by atoms with Crippen molar-refractivity contribution in [1.82, 2.24) is 5.32 Å². The zero-order valence-corrected chi connectivity index (χ0v) is 18.3. The maximum absolute atomic E-state index is 12.6. The molecule has 0 spiro atoms. The van der Waals surface area contributed by atoms with Crippen LogP contribution < -0.4 is 20.9 Å². The van der Waals surface area contributed by atoms with Gasteiger partial charge in [-0.15, -0.1) is 0 Å². The SMILES string of the molecule is O=C(Nc1ccc(Cl)cc1)N[C@H](CS(=O)O)C(=O)Nc1ccc(N2CCOCC2=O)cc1. The Kier molecular flexibility index (Phi) is 8.17. The summed E-state index contributed by atoms with van der Waals surface area (Å²) in [7, 11) is 0. The van der Waals surface area contributed by atoms with Crippen LogP contribution in [-0.4, -0.2) is 58.2 Å². The number of hydrogen-bond donors (Lipinski definition) is 4. The number of rotatable bonds is 7. The topological polar surface area (TPSA) is 137 Å². The van der Waals surface area contributed by atoms with E-state index in [-0.39, 0.29) is 12.5 Å². The van der Waals surface area contributed by atoms with E-state index in [0.717, 1.165) is 0 Å². The lowest BCUT2D eigenvalue weighted by Crippen LogP contribution is -2.48. The third-order valence-corrected chi connectivity index (χ3v) is 5.34. The number of urea groups is 1. The Morgan fingerprint density at radius 1 is 1.09 bits per heavy atom. The Balaban J connectivity index is 1.62. The number of ether oxygens (including phenoxy) is 1. The molecule has 170 valence electrons. The number of nitrogens with zero attached hydrogens (tertiary/aromatic N) is 1. The summed E-state index contributed by atoms with van der Waals surface area (Å²) in [4.78, 5) is 38.4. The predicted octanol–water partition coefficient (Wildman–Crippen LogP) is 2.05. The van der Waals surface area contributed by atoms with Gasteiger partial charge in [0.2, 0.25) is 5.91 Å². The number of carbonyl (C=O) groups excluding carboxylic acids is 3. The number of morpholine rings is 1. The number of halogens is 1. The lowest BCUT2D eigenvalue weighted by atomic mass is 10.2. The fourth-order valence-electron chi connectivity index (χ4n) is 2.93.